The van der Waals surface area contributed by atoms with E-state index in [4.69, 9.17) is 9.47 Å². The Morgan fingerprint density at radius 3 is 2.23 bits per heavy atom. The molecule has 0 saturated heterocycles. The van der Waals surface area contributed by atoms with Gasteiger partial charge in [0.1, 0.15) is 17.2 Å². The molecule has 0 N–H and O–H groups in total. The Kier molecular flexibility index (Phi) is 6.92. The minimum atomic E-state index is -0.574. The molecule has 0 bridgehead atoms. The number of carbonyl (C=O) groups is 1. The molecule has 22 heavy (non-hydrogen) atoms. The molecule has 116 valence electrons. The number of rotatable bonds is 5. The molecule has 1 atom stereocenters. The summed E-state index contributed by atoms with van der Waals surface area (Å²) in [5.74, 6) is 0.697. The first-order valence-corrected chi connectivity index (χ1v) is 9.45. The number of esters is 1. The standard InChI is InChI=1S/C15H10Br4O3/c16-9-6-11(17)14(12(18)7-9)22-15(20)13(19)8-21-10-4-2-1-3-5-10/h1-7,13H,8H2. The van der Waals surface area contributed by atoms with Gasteiger partial charge in [-0.2, -0.15) is 0 Å². The summed E-state index contributed by atoms with van der Waals surface area (Å²) in [6.45, 7) is 0.175. The molecule has 0 amide bonds. The minimum Gasteiger partial charge on any atom is -0.492 e. The van der Waals surface area contributed by atoms with Crippen molar-refractivity contribution in [2.45, 2.75) is 4.83 Å². The maximum atomic E-state index is 12.1. The summed E-state index contributed by atoms with van der Waals surface area (Å²) in [7, 11) is 0. The third kappa shape index (κ3) is 5.08. The summed E-state index contributed by atoms with van der Waals surface area (Å²) < 4.78 is 13.1. The second-order valence-electron chi connectivity index (χ2n) is 4.21. The van der Waals surface area contributed by atoms with E-state index in [1.807, 2.05) is 30.3 Å². The average molecular weight is 558 g/mol. The minimum absolute atomic E-state index is 0.175. The van der Waals surface area contributed by atoms with Crippen LogP contribution in [0.25, 0.3) is 0 Å². The zero-order valence-electron chi connectivity index (χ0n) is 11.1. The zero-order valence-corrected chi connectivity index (χ0v) is 17.4. The van der Waals surface area contributed by atoms with Crippen molar-refractivity contribution < 1.29 is 14.3 Å². The van der Waals surface area contributed by atoms with Crippen LogP contribution in [0.5, 0.6) is 11.5 Å². The third-order valence-electron chi connectivity index (χ3n) is 2.56. The molecular formula is C15H10Br4O3. The summed E-state index contributed by atoms with van der Waals surface area (Å²) in [5, 5.41) is 0. The Morgan fingerprint density at radius 1 is 1.05 bits per heavy atom. The molecule has 2 aromatic rings. The second kappa shape index (κ2) is 8.47. The Morgan fingerprint density at radius 2 is 1.64 bits per heavy atom. The Balaban J connectivity index is 1.97. The van der Waals surface area contributed by atoms with Gasteiger partial charge in [0.25, 0.3) is 0 Å². The largest absolute Gasteiger partial charge is 0.492 e. The monoisotopic (exact) mass is 554 g/mol. The SMILES string of the molecule is O=C(Oc1c(Br)cc(Br)cc1Br)C(Br)COc1ccccc1. The Labute approximate surface area is 161 Å². The lowest BCUT2D eigenvalue weighted by molar-refractivity contribution is -0.134. The summed E-state index contributed by atoms with van der Waals surface area (Å²) in [5.41, 5.74) is 0. The highest BCUT2D eigenvalue weighted by atomic mass is 79.9. The number of carbonyl (C=O) groups excluding carboxylic acids is 1. The van der Waals surface area contributed by atoms with Gasteiger partial charge in [-0.15, -0.1) is 0 Å². The number of hydrogen-bond acceptors (Lipinski definition) is 3. The van der Waals surface area contributed by atoms with E-state index in [1.54, 1.807) is 12.1 Å². The Hall–Kier alpha value is -0.370. The van der Waals surface area contributed by atoms with Gasteiger partial charge in [0.05, 0.1) is 8.95 Å². The quantitative estimate of drug-likeness (QED) is 0.268. The van der Waals surface area contributed by atoms with Crippen LogP contribution in [0.15, 0.2) is 55.9 Å². The first kappa shape index (κ1) is 18.0. The van der Waals surface area contributed by atoms with Gasteiger partial charge < -0.3 is 9.47 Å². The number of hydrogen-bond donors (Lipinski definition) is 0. The lowest BCUT2D eigenvalue weighted by atomic mass is 10.3. The van der Waals surface area contributed by atoms with Gasteiger partial charge in [0.2, 0.25) is 0 Å². The second-order valence-corrected chi connectivity index (χ2v) is 7.94. The topological polar surface area (TPSA) is 35.5 Å². The normalized spacial score (nSPS) is 11.8. The van der Waals surface area contributed by atoms with Crippen molar-refractivity contribution in [1.82, 2.24) is 0 Å². The summed E-state index contributed by atoms with van der Waals surface area (Å²) in [6, 6.07) is 12.9. The van der Waals surface area contributed by atoms with E-state index in [2.05, 4.69) is 63.7 Å². The fourth-order valence-electron chi connectivity index (χ4n) is 1.55. The first-order chi connectivity index (χ1) is 10.5. The van der Waals surface area contributed by atoms with E-state index in [1.165, 1.54) is 0 Å². The summed E-state index contributed by atoms with van der Waals surface area (Å²) in [6.07, 6.45) is 0. The maximum Gasteiger partial charge on any atom is 0.328 e. The number of alkyl halides is 1. The van der Waals surface area contributed by atoms with Gasteiger partial charge in [-0.3, -0.25) is 4.79 Å². The number of ether oxygens (including phenoxy) is 2. The van der Waals surface area contributed by atoms with Crippen LogP contribution < -0.4 is 9.47 Å². The molecule has 7 heteroatoms. The highest BCUT2D eigenvalue weighted by Gasteiger charge is 2.21. The van der Waals surface area contributed by atoms with E-state index in [-0.39, 0.29) is 6.61 Å². The van der Waals surface area contributed by atoms with Gasteiger partial charge in [-0.1, -0.05) is 50.1 Å². The Bertz CT molecular complexity index is 638. The molecule has 2 aromatic carbocycles. The van der Waals surface area contributed by atoms with Gasteiger partial charge in [0, 0.05) is 4.47 Å². The van der Waals surface area contributed by atoms with Crippen molar-refractivity contribution in [2.24, 2.45) is 0 Å². The van der Waals surface area contributed by atoms with Crippen LogP contribution in [0.1, 0.15) is 0 Å². The van der Waals surface area contributed by atoms with Crippen molar-refractivity contribution in [1.29, 1.82) is 0 Å². The highest BCUT2D eigenvalue weighted by Crippen LogP contribution is 2.36. The van der Waals surface area contributed by atoms with E-state index >= 15 is 0 Å². The molecule has 0 aliphatic rings. The van der Waals surface area contributed by atoms with E-state index in [9.17, 15) is 4.79 Å². The van der Waals surface area contributed by atoms with Crippen LogP contribution in [0, 0.1) is 0 Å². The molecule has 0 radical (unpaired) electrons. The molecule has 1 unspecified atom stereocenters. The van der Waals surface area contributed by atoms with Crippen LogP contribution in [-0.4, -0.2) is 17.4 Å². The molecular weight excluding hydrogens is 548 g/mol. The van der Waals surface area contributed by atoms with Crippen molar-refractivity contribution >= 4 is 69.7 Å². The van der Waals surface area contributed by atoms with E-state index in [0.29, 0.717) is 20.4 Å². The molecule has 0 heterocycles. The molecule has 0 aliphatic carbocycles. The molecule has 0 saturated carbocycles. The van der Waals surface area contributed by atoms with E-state index < -0.39 is 10.8 Å². The van der Waals surface area contributed by atoms with Crippen molar-refractivity contribution in [3.05, 3.63) is 55.9 Å². The highest BCUT2D eigenvalue weighted by molar-refractivity contribution is 9.11. The van der Waals surface area contributed by atoms with Crippen LogP contribution in [-0.2, 0) is 4.79 Å². The van der Waals surface area contributed by atoms with Gasteiger partial charge in [-0.05, 0) is 56.1 Å². The lowest BCUT2D eigenvalue weighted by Gasteiger charge is -2.13. The summed E-state index contributed by atoms with van der Waals surface area (Å²) in [4.78, 5) is 11.5. The van der Waals surface area contributed by atoms with Gasteiger partial charge >= 0.3 is 5.97 Å². The molecule has 0 aliphatic heterocycles. The van der Waals surface area contributed by atoms with Crippen LogP contribution in [0.3, 0.4) is 0 Å². The predicted molar refractivity (Wildman–Crippen MR) is 99.8 cm³/mol. The third-order valence-corrected chi connectivity index (χ3v) is 4.84. The molecule has 0 spiro atoms. The molecule has 2 rings (SSSR count). The molecule has 0 fully saturated rings. The predicted octanol–water partition coefficient (Wildman–Crippen LogP) is 5.72. The fraction of sp³-hybridized carbons (Fsp3) is 0.133. The first-order valence-electron chi connectivity index (χ1n) is 6.15. The van der Waals surface area contributed by atoms with Crippen molar-refractivity contribution in [3.8, 4) is 11.5 Å². The molecule has 3 nitrogen and oxygen atoms in total. The fourth-order valence-corrected chi connectivity index (χ4v) is 4.19. The number of benzene rings is 2. The van der Waals surface area contributed by atoms with Crippen molar-refractivity contribution in [2.75, 3.05) is 6.61 Å². The van der Waals surface area contributed by atoms with Crippen molar-refractivity contribution in [3.63, 3.8) is 0 Å². The average Bonchev–Trinajstić information content (AvgIpc) is 2.49. The van der Waals surface area contributed by atoms with Gasteiger partial charge in [0.15, 0.2) is 5.75 Å². The van der Waals surface area contributed by atoms with Crippen LogP contribution in [0.4, 0.5) is 0 Å². The maximum absolute atomic E-state index is 12.1. The van der Waals surface area contributed by atoms with Gasteiger partial charge in [-0.25, -0.2) is 0 Å². The zero-order chi connectivity index (χ0) is 16.1. The number of para-hydroxylation sites is 1. The van der Waals surface area contributed by atoms with E-state index in [0.717, 1.165) is 4.47 Å². The summed E-state index contributed by atoms with van der Waals surface area (Å²) >= 11 is 13.4. The number of halogens is 4. The molecule has 0 aromatic heterocycles. The van der Waals surface area contributed by atoms with Crippen LogP contribution in [0.2, 0.25) is 0 Å². The lowest BCUT2D eigenvalue weighted by Crippen LogP contribution is -2.26. The smallest absolute Gasteiger partial charge is 0.328 e. The van der Waals surface area contributed by atoms with Crippen LogP contribution >= 0.6 is 63.7 Å².